The minimum atomic E-state index is 0.433. The van der Waals surface area contributed by atoms with Gasteiger partial charge in [0.1, 0.15) is 0 Å². The van der Waals surface area contributed by atoms with Crippen LogP contribution in [0.2, 0.25) is 0 Å². The highest BCUT2D eigenvalue weighted by Gasteiger charge is 2.08. The zero-order valence-corrected chi connectivity index (χ0v) is 12.0. The Hall–Kier alpha value is -1.06. The fourth-order valence-electron chi connectivity index (χ4n) is 2.17. The van der Waals surface area contributed by atoms with E-state index < -0.39 is 0 Å². The maximum atomic E-state index is 3.55. The van der Waals surface area contributed by atoms with Crippen molar-refractivity contribution in [2.45, 2.75) is 39.3 Å². The van der Waals surface area contributed by atoms with Crippen LogP contribution in [0.4, 0.5) is 0 Å². The van der Waals surface area contributed by atoms with Crippen LogP contribution in [0.5, 0.6) is 0 Å². The van der Waals surface area contributed by atoms with Gasteiger partial charge in [-0.1, -0.05) is 6.92 Å². The lowest BCUT2D eigenvalue weighted by Crippen LogP contribution is -2.22. The smallest absolute Gasteiger partial charge is 0.0446 e. The first-order chi connectivity index (χ1) is 8.81. The number of nitrogens with one attached hydrogen (secondary N) is 1. The quantitative estimate of drug-likeness (QED) is 0.802. The van der Waals surface area contributed by atoms with Crippen molar-refractivity contribution in [2.24, 2.45) is 0 Å². The summed E-state index contributed by atoms with van der Waals surface area (Å²) >= 11 is 1.78. The van der Waals surface area contributed by atoms with Crippen molar-refractivity contribution in [3.05, 3.63) is 46.4 Å². The van der Waals surface area contributed by atoms with Crippen LogP contribution in [0.1, 0.15) is 37.6 Å². The Morgan fingerprint density at radius 2 is 2.28 bits per heavy atom. The van der Waals surface area contributed by atoms with Crippen LogP contribution in [0.15, 0.2) is 35.2 Å². The highest BCUT2D eigenvalue weighted by molar-refractivity contribution is 7.07. The minimum Gasteiger partial charge on any atom is -0.350 e. The highest BCUT2D eigenvalue weighted by atomic mass is 32.1. The normalized spacial score (nSPS) is 12.8. The van der Waals surface area contributed by atoms with Crippen LogP contribution < -0.4 is 5.32 Å². The maximum absolute atomic E-state index is 3.55. The molecule has 3 heteroatoms. The van der Waals surface area contributed by atoms with Crippen LogP contribution in [-0.2, 0) is 13.0 Å². The topological polar surface area (TPSA) is 17.0 Å². The number of aromatic nitrogens is 1. The third-order valence-corrected chi connectivity index (χ3v) is 3.96. The van der Waals surface area contributed by atoms with E-state index in [1.807, 2.05) is 0 Å². The maximum Gasteiger partial charge on any atom is 0.0446 e. The first-order valence-electron chi connectivity index (χ1n) is 6.70. The molecular formula is C15H22N2S. The molecule has 1 unspecified atom stereocenters. The van der Waals surface area contributed by atoms with Crippen LogP contribution in [0.3, 0.4) is 0 Å². The third-order valence-electron chi connectivity index (χ3n) is 3.23. The van der Waals surface area contributed by atoms with Gasteiger partial charge in [0.15, 0.2) is 0 Å². The molecule has 2 heterocycles. The van der Waals surface area contributed by atoms with Crippen LogP contribution in [0.25, 0.3) is 0 Å². The van der Waals surface area contributed by atoms with Gasteiger partial charge in [-0.25, -0.2) is 0 Å². The van der Waals surface area contributed by atoms with E-state index in [9.17, 15) is 0 Å². The molecule has 0 aliphatic carbocycles. The first kappa shape index (κ1) is 13.4. The Balaban J connectivity index is 1.94. The van der Waals surface area contributed by atoms with Crippen LogP contribution >= 0.6 is 11.3 Å². The fourth-order valence-corrected chi connectivity index (χ4v) is 2.88. The monoisotopic (exact) mass is 262 g/mol. The molecule has 0 aliphatic rings. The molecule has 2 aromatic rings. The van der Waals surface area contributed by atoms with Crippen molar-refractivity contribution in [3.63, 3.8) is 0 Å². The Morgan fingerprint density at radius 1 is 1.39 bits per heavy atom. The average molecular weight is 262 g/mol. The Morgan fingerprint density at radius 3 is 3.00 bits per heavy atom. The lowest BCUT2D eigenvalue weighted by molar-refractivity contribution is 0.524. The zero-order chi connectivity index (χ0) is 12.8. The predicted molar refractivity (Wildman–Crippen MR) is 79.2 cm³/mol. The van der Waals surface area contributed by atoms with E-state index >= 15 is 0 Å². The molecule has 0 saturated carbocycles. The van der Waals surface area contributed by atoms with Gasteiger partial charge in [0.25, 0.3) is 0 Å². The van der Waals surface area contributed by atoms with Gasteiger partial charge in [-0.05, 0) is 60.8 Å². The molecule has 98 valence electrons. The Labute approximate surface area is 114 Å². The summed E-state index contributed by atoms with van der Waals surface area (Å²) in [5.41, 5.74) is 2.83. The molecule has 0 aliphatic heterocycles. The molecular weight excluding hydrogens is 240 g/mol. The van der Waals surface area contributed by atoms with Crippen molar-refractivity contribution in [2.75, 3.05) is 6.54 Å². The molecule has 0 fully saturated rings. The van der Waals surface area contributed by atoms with Gasteiger partial charge >= 0.3 is 0 Å². The van der Waals surface area contributed by atoms with Crippen LogP contribution in [0, 0.1) is 0 Å². The van der Waals surface area contributed by atoms with Crippen molar-refractivity contribution in [1.82, 2.24) is 9.88 Å². The third kappa shape index (κ3) is 3.47. The van der Waals surface area contributed by atoms with Gasteiger partial charge in [0.2, 0.25) is 0 Å². The zero-order valence-electron chi connectivity index (χ0n) is 11.2. The molecule has 0 spiro atoms. The van der Waals surface area contributed by atoms with Gasteiger partial charge < -0.3 is 9.88 Å². The molecule has 2 rings (SSSR count). The molecule has 0 bridgehead atoms. The second kappa shape index (κ2) is 6.76. The summed E-state index contributed by atoms with van der Waals surface area (Å²) in [7, 11) is 0. The molecule has 0 amide bonds. The number of aryl methyl sites for hydroxylation is 2. The Bertz CT molecular complexity index is 445. The number of hydrogen-bond donors (Lipinski definition) is 1. The van der Waals surface area contributed by atoms with E-state index in [-0.39, 0.29) is 0 Å². The molecule has 0 radical (unpaired) electrons. The molecule has 0 aromatic carbocycles. The number of hydrogen-bond acceptors (Lipinski definition) is 2. The van der Waals surface area contributed by atoms with E-state index in [0.717, 1.165) is 19.5 Å². The van der Waals surface area contributed by atoms with E-state index in [4.69, 9.17) is 0 Å². The first-order valence-corrected chi connectivity index (χ1v) is 7.65. The van der Waals surface area contributed by atoms with Gasteiger partial charge in [0.05, 0.1) is 0 Å². The van der Waals surface area contributed by atoms with Crippen LogP contribution in [-0.4, -0.2) is 11.1 Å². The van der Waals surface area contributed by atoms with E-state index in [1.165, 1.54) is 17.7 Å². The van der Waals surface area contributed by atoms with Crippen molar-refractivity contribution < 1.29 is 0 Å². The second-order valence-corrected chi connectivity index (χ2v) is 5.46. The fraction of sp³-hybridized carbons (Fsp3) is 0.467. The number of thiophene rings is 1. The summed E-state index contributed by atoms with van der Waals surface area (Å²) in [6.45, 7) is 6.59. The van der Waals surface area contributed by atoms with Gasteiger partial charge in [-0.2, -0.15) is 11.3 Å². The summed E-state index contributed by atoms with van der Waals surface area (Å²) in [6.07, 6.45) is 4.48. The summed E-state index contributed by atoms with van der Waals surface area (Å²) in [5.74, 6) is 0. The average Bonchev–Trinajstić information content (AvgIpc) is 3.03. The summed E-state index contributed by atoms with van der Waals surface area (Å²) in [5, 5.41) is 7.94. The Kier molecular flexibility index (Phi) is 5.02. The second-order valence-electron chi connectivity index (χ2n) is 4.68. The summed E-state index contributed by atoms with van der Waals surface area (Å²) < 4.78 is 2.37. The standard InChI is InChI=1S/C15H22N2S/c1-3-8-16-13(2)15-5-4-9-17(15)10-6-14-7-11-18-12-14/h4-5,7,9,11-13,16H,3,6,8,10H2,1-2H3. The van der Waals surface area contributed by atoms with Gasteiger partial charge in [-0.15, -0.1) is 0 Å². The van der Waals surface area contributed by atoms with Crippen molar-refractivity contribution in [1.29, 1.82) is 0 Å². The molecule has 0 saturated heterocycles. The molecule has 1 N–H and O–H groups in total. The molecule has 2 nitrogen and oxygen atoms in total. The van der Waals surface area contributed by atoms with Crippen molar-refractivity contribution in [3.8, 4) is 0 Å². The predicted octanol–water partition coefficient (Wildman–Crippen LogP) is 3.85. The summed E-state index contributed by atoms with van der Waals surface area (Å²) in [6, 6.07) is 7.02. The van der Waals surface area contributed by atoms with E-state index in [0.29, 0.717) is 6.04 Å². The van der Waals surface area contributed by atoms with Crippen molar-refractivity contribution >= 4 is 11.3 Å². The molecule has 1 atom stereocenters. The highest BCUT2D eigenvalue weighted by Crippen LogP contribution is 2.15. The van der Waals surface area contributed by atoms with E-state index in [2.05, 4.69) is 58.9 Å². The number of nitrogens with zero attached hydrogens (tertiary/aromatic N) is 1. The lowest BCUT2D eigenvalue weighted by atomic mass is 10.2. The van der Waals surface area contributed by atoms with E-state index in [1.54, 1.807) is 11.3 Å². The largest absolute Gasteiger partial charge is 0.350 e. The summed E-state index contributed by atoms with van der Waals surface area (Å²) in [4.78, 5) is 0. The lowest BCUT2D eigenvalue weighted by Gasteiger charge is -2.16. The minimum absolute atomic E-state index is 0.433. The molecule has 2 aromatic heterocycles. The van der Waals surface area contributed by atoms with Gasteiger partial charge in [0, 0.05) is 24.5 Å². The molecule has 18 heavy (non-hydrogen) atoms. The van der Waals surface area contributed by atoms with Gasteiger partial charge in [-0.3, -0.25) is 0 Å². The SMILES string of the molecule is CCCNC(C)c1cccn1CCc1ccsc1. The number of rotatable bonds is 7.